The monoisotopic (exact) mass is 388 g/mol. The molecular weight excluding hydrogens is 385 g/mol. The van der Waals surface area contributed by atoms with Crippen molar-refractivity contribution in [2.75, 3.05) is 0 Å². The highest BCUT2D eigenvalue weighted by Crippen LogP contribution is 2.39. The second-order valence-corrected chi connectivity index (χ2v) is 5.89. The molecule has 0 fully saturated rings. The number of halogens is 4. The zero-order valence-electron chi connectivity index (χ0n) is 10.4. The summed E-state index contributed by atoms with van der Waals surface area (Å²) in [5.41, 5.74) is -1.24. The molecule has 0 spiro atoms. The van der Waals surface area contributed by atoms with Crippen molar-refractivity contribution in [2.45, 2.75) is 9.79 Å². The molecule has 9 heteroatoms. The standard InChI is InChI=1S/C13H4BrF3N2O2S/c14-8-4-10(19(20)21)11(16)12(17)13(8)22-7-1-2-9(15)6(3-7)5-18/h1-4H. The zero-order valence-corrected chi connectivity index (χ0v) is 12.8. The van der Waals surface area contributed by atoms with Crippen molar-refractivity contribution in [2.24, 2.45) is 0 Å². The molecule has 0 N–H and O–H groups in total. The van der Waals surface area contributed by atoms with Crippen molar-refractivity contribution in [1.29, 1.82) is 5.26 Å². The Labute approximate surface area is 134 Å². The van der Waals surface area contributed by atoms with E-state index in [0.717, 1.165) is 12.1 Å². The largest absolute Gasteiger partial charge is 0.309 e. The summed E-state index contributed by atoms with van der Waals surface area (Å²) in [6.07, 6.45) is 0. The van der Waals surface area contributed by atoms with Crippen molar-refractivity contribution >= 4 is 33.4 Å². The van der Waals surface area contributed by atoms with Gasteiger partial charge in [-0.2, -0.15) is 9.65 Å². The van der Waals surface area contributed by atoms with Crippen molar-refractivity contribution < 1.29 is 18.1 Å². The van der Waals surface area contributed by atoms with Crippen molar-refractivity contribution in [3.63, 3.8) is 0 Å². The van der Waals surface area contributed by atoms with Gasteiger partial charge in [0.05, 0.1) is 15.4 Å². The Morgan fingerprint density at radius 3 is 2.50 bits per heavy atom. The van der Waals surface area contributed by atoms with Crippen molar-refractivity contribution in [3.05, 3.63) is 61.9 Å². The first-order valence-corrected chi connectivity index (χ1v) is 7.15. The predicted molar refractivity (Wildman–Crippen MR) is 76.0 cm³/mol. The number of hydrogen-bond acceptors (Lipinski definition) is 4. The minimum Gasteiger partial charge on any atom is -0.258 e. The molecule has 0 bridgehead atoms. The van der Waals surface area contributed by atoms with Gasteiger partial charge in [-0.25, -0.2) is 8.78 Å². The Hall–Kier alpha value is -2.05. The number of nitro groups is 1. The molecule has 0 saturated carbocycles. The maximum Gasteiger partial charge on any atom is 0.309 e. The molecule has 2 aromatic rings. The second-order valence-electron chi connectivity index (χ2n) is 3.95. The third-order valence-electron chi connectivity index (χ3n) is 2.57. The number of benzene rings is 2. The number of hydrogen-bond donors (Lipinski definition) is 0. The third-order valence-corrected chi connectivity index (χ3v) is 4.55. The molecule has 4 nitrogen and oxygen atoms in total. The maximum absolute atomic E-state index is 14.0. The van der Waals surface area contributed by atoms with Crippen LogP contribution >= 0.6 is 27.7 Å². The van der Waals surface area contributed by atoms with Crippen molar-refractivity contribution in [1.82, 2.24) is 0 Å². The lowest BCUT2D eigenvalue weighted by molar-refractivity contribution is -0.387. The number of nitrogens with zero attached hydrogens (tertiary/aromatic N) is 2. The van der Waals surface area contributed by atoms with Crippen LogP contribution < -0.4 is 0 Å². The summed E-state index contributed by atoms with van der Waals surface area (Å²) in [5, 5.41) is 19.4. The summed E-state index contributed by atoms with van der Waals surface area (Å²) in [5.74, 6) is -3.71. The van der Waals surface area contributed by atoms with Gasteiger partial charge in [0, 0.05) is 15.4 Å². The van der Waals surface area contributed by atoms with Crippen LogP contribution in [0.25, 0.3) is 0 Å². The number of rotatable bonds is 3. The van der Waals surface area contributed by atoms with Gasteiger partial charge in [-0.15, -0.1) is 0 Å². The highest BCUT2D eigenvalue weighted by molar-refractivity contribution is 9.10. The van der Waals surface area contributed by atoms with Crippen LogP contribution in [-0.2, 0) is 0 Å². The lowest BCUT2D eigenvalue weighted by Gasteiger charge is -2.07. The summed E-state index contributed by atoms with van der Waals surface area (Å²) in [4.78, 5) is 9.62. The fraction of sp³-hybridized carbons (Fsp3) is 0. The Morgan fingerprint density at radius 1 is 1.23 bits per heavy atom. The average Bonchev–Trinajstić information content (AvgIpc) is 2.48. The van der Waals surface area contributed by atoms with Gasteiger partial charge in [-0.05, 0) is 34.1 Å². The van der Waals surface area contributed by atoms with Crippen LogP contribution in [-0.4, -0.2) is 4.92 Å². The second kappa shape index (κ2) is 6.37. The molecule has 0 aliphatic carbocycles. The van der Waals surface area contributed by atoms with Crippen LogP contribution in [0.2, 0.25) is 0 Å². The molecule has 0 amide bonds. The topological polar surface area (TPSA) is 66.9 Å². The molecule has 0 atom stereocenters. The Morgan fingerprint density at radius 2 is 1.91 bits per heavy atom. The smallest absolute Gasteiger partial charge is 0.258 e. The van der Waals surface area contributed by atoms with E-state index in [0.29, 0.717) is 11.8 Å². The van der Waals surface area contributed by atoms with E-state index in [2.05, 4.69) is 15.9 Å². The van der Waals surface area contributed by atoms with E-state index in [9.17, 15) is 23.3 Å². The molecular formula is C13H4BrF3N2O2S. The number of nitriles is 1. The van der Waals surface area contributed by atoms with Crippen LogP contribution in [0.1, 0.15) is 5.56 Å². The third kappa shape index (κ3) is 3.08. The predicted octanol–water partition coefficient (Wildman–Crippen LogP) is 4.80. The van der Waals surface area contributed by atoms with Gasteiger partial charge >= 0.3 is 5.69 Å². The Bertz CT molecular complexity index is 824. The molecule has 0 aliphatic rings. The van der Waals surface area contributed by atoms with Gasteiger partial charge in [0.1, 0.15) is 11.9 Å². The summed E-state index contributed by atoms with van der Waals surface area (Å²) >= 11 is 3.65. The highest BCUT2D eigenvalue weighted by atomic mass is 79.9. The van der Waals surface area contributed by atoms with Crippen LogP contribution in [0, 0.1) is 38.9 Å². The zero-order chi connectivity index (χ0) is 16.4. The van der Waals surface area contributed by atoms with E-state index >= 15 is 0 Å². The first-order chi connectivity index (χ1) is 10.3. The first-order valence-electron chi connectivity index (χ1n) is 5.54. The minimum atomic E-state index is -1.58. The molecule has 0 unspecified atom stereocenters. The SMILES string of the molecule is N#Cc1cc(Sc2c(Br)cc([N+](=O)[O-])c(F)c2F)ccc1F. The molecule has 0 aromatic heterocycles. The summed E-state index contributed by atoms with van der Waals surface area (Å²) < 4.78 is 40.8. The van der Waals surface area contributed by atoms with Gasteiger partial charge in [0.2, 0.25) is 5.82 Å². The van der Waals surface area contributed by atoms with Crippen LogP contribution in [0.4, 0.5) is 18.9 Å². The molecule has 0 aliphatic heterocycles. The lowest BCUT2D eigenvalue weighted by Crippen LogP contribution is -1.98. The van der Waals surface area contributed by atoms with Gasteiger partial charge in [-0.1, -0.05) is 11.8 Å². The normalized spacial score (nSPS) is 10.3. The molecule has 0 saturated heterocycles. The van der Waals surface area contributed by atoms with Gasteiger partial charge in [0.25, 0.3) is 0 Å². The minimum absolute atomic E-state index is 0.0223. The summed E-state index contributed by atoms with van der Waals surface area (Å²) in [7, 11) is 0. The Balaban J connectivity index is 2.49. The quantitative estimate of drug-likeness (QED) is 0.430. The molecule has 22 heavy (non-hydrogen) atoms. The van der Waals surface area contributed by atoms with Crippen LogP contribution in [0.5, 0.6) is 0 Å². The molecule has 2 rings (SSSR count). The Kier molecular flexibility index (Phi) is 4.73. The maximum atomic E-state index is 14.0. The van der Waals surface area contributed by atoms with E-state index in [4.69, 9.17) is 5.26 Å². The van der Waals surface area contributed by atoms with E-state index in [1.165, 1.54) is 12.1 Å². The first kappa shape index (κ1) is 16.3. The molecule has 0 heterocycles. The summed E-state index contributed by atoms with van der Waals surface area (Å²) in [6, 6.07) is 5.95. The van der Waals surface area contributed by atoms with E-state index in [1.807, 2.05) is 0 Å². The average molecular weight is 389 g/mol. The fourth-order valence-corrected chi connectivity index (χ4v) is 3.08. The van der Waals surface area contributed by atoms with Crippen LogP contribution in [0.3, 0.4) is 0 Å². The lowest BCUT2D eigenvalue weighted by atomic mass is 10.2. The van der Waals surface area contributed by atoms with E-state index in [1.54, 1.807) is 6.07 Å². The molecule has 112 valence electrons. The van der Waals surface area contributed by atoms with Gasteiger partial charge in [-0.3, -0.25) is 10.1 Å². The summed E-state index contributed by atoms with van der Waals surface area (Å²) in [6.45, 7) is 0. The number of nitro benzene ring substituents is 1. The highest BCUT2D eigenvalue weighted by Gasteiger charge is 2.25. The van der Waals surface area contributed by atoms with E-state index in [-0.39, 0.29) is 19.8 Å². The van der Waals surface area contributed by atoms with Crippen LogP contribution in [0.15, 0.2) is 38.5 Å². The molecule has 2 aromatic carbocycles. The van der Waals surface area contributed by atoms with Gasteiger partial charge < -0.3 is 0 Å². The van der Waals surface area contributed by atoms with Gasteiger partial charge in [0.15, 0.2) is 5.82 Å². The fourth-order valence-electron chi connectivity index (χ4n) is 1.56. The van der Waals surface area contributed by atoms with Crippen molar-refractivity contribution in [3.8, 4) is 6.07 Å². The molecule has 0 radical (unpaired) electrons. The van der Waals surface area contributed by atoms with E-state index < -0.39 is 28.1 Å².